The van der Waals surface area contributed by atoms with Gasteiger partial charge in [-0.3, -0.25) is 0 Å². The first-order valence-electron chi connectivity index (χ1n) is 7.10. The van der Waals surface area contributed by atoms with Gasteiger partial charge in [0.15, 0.2) is 0 Å². The molecule has 0 radical (unpaired) electrons. The van der Waals surface area contributed by atoms with Crippen LogP contribution in [0, 0.1) is 19.8 Å². The van der Waals surface area contributed by atoms with E-state index in [9.17, 15) is 5.11 Å². The summed E-state index contributed by atoms with van der Waals surface area (Å²) in [5, 5.41) is 9.63. The third-order valence-electron chi connectivity index (χ3n) is 4.30. The zero-order chi connectivity index (χ0) is 13.0. The van der Waals surface area contributed by atoms with E-state index in [0.29, 0.717) is 5.92 Å². The van der Waals surface area contributed by atoms with Gasteiger partial charge in [0.25, 0.3) is 0 Å². The van der Waals surface area contributed by atoms with Crippen LogP contribution in [0.25, 0.3) is 6.08 Å². The topological polar surface area (TPSA) is 20.2 Å². The summed E-state index contributed by atoms with van der Waals surface area (Å²) in [4.78, 5) is 0. The second-order valence-electron chi connectivity index (χ2n) is 5.50. The van der Waals surface area contributed by atoms with Crippen LogP contribution in [-0.4, -0.2) is 11.7 Å². The van der Waals surface area contributed by atoms with Crippen LogP contribution in [0.1, 0.15) is 48.8 Å². The quantitative estimate of drug-likeness (QED) is 0.842. The van der Waals surface area contributed by atoms with Gasteiger partial charge in [-0.2, -0.15) is 0 Å². The number of rotatable bonds is 3. The van der Waals surface area contributed by atoms with Crippen molar-refractivity contribution < 1.29 is 5.11 Å². The molecule has 0 bridgehead atoms. The molecule has 1 aromatic rings. The molecule has 1 aliphatic rings. The van der Waals surface area contributed by atoms with Gasteiger partial charge in [0.1, 0.15) is 0 Å². The van der Waals surface area contributed by atoms with Crippen molar-refractivity contribution in [3.8, 4) is 0 Å². The zero-order valence-corrected chi connectivity index (χ0v) is 11.6. The minimum atomic E-state index is 0.206. The van der Waals surface area contributed by atoms with Gasteiger partial charge in [0.05, 0.1) is 6.61 Å². The van der Waals surface area contributed by atoms with E-state index in [2.05, 4.69) is 38.1 Å². The summed E-state index contributed by atoms with van der Waals surface area (Å²) in [6.07, 6.45) is 8.70. The van der Waals surface area contributed by atoms with Crippen molar-refractivity contribution in [3.05, 3.63) is 40.5 Å². The van der Waals surface area contributed by atoms with E-state index in [-0.39, 0.29) is 6.61 Å². The Labute approximate surface area is 111 Å². The van der Waals surface area contributed by atoms with Crippen molar-refractivity contribution >= 4 is 6.08 Å². The molecule has 1 fully saturated rings. The Morgan fingerprint density at radius 3 is 2.61 bits per heavy atom. The van der Waals surface area contributed by atoms with Gasteiger partial charge in [-0.05, 0) is 54.9 Å². The first-order valence-corrected chi connectivity index (χ1v) is 7.10. The molecule has 0 aliphatic heterocycles. The number of aliphatic hydroxyl groups is 1. The summed E-state index contributed by atoms with van der Waals surface area (Å²) in [6.45, 7) is 4.51. The highest BCUT2D eigenvalue weighted by molar-refractivity contribution is 5.58. The van der Waals surface area contributed by atoms with Gasteiger partial charge in [-0.1, -0.05) is 43.5 Å². The molecule has 1 aromatic carbocycles. The van der Waals surface area contributed by atoms with Crippen molar-refractivity contribution in [1.82, 2.24) is 0 Å². The molecule has 0 atom stereocenters. The molecule has 0 saturated heterocycles. The van der Waals surface area contributed by atoms with Crippen LogP contribution in [0.15, 0.2) is 23.8 Å². The van der Waals surface area contributed by atoms with E-state index in [1.807, 2.05) is 0 Å². The Balaban J connectivity index is 2.25. The fraction of sp³-hybridized carbons (Fsp3) is 0.529. The van der Waals surface area contributed by atoms with Gasteiger partial charge in [-0.15, -0.1) is 0 Å². The predicted octanol–water partition coefficient (Wildman–Crippen LogP) is 4.26. The zero-order valence-electron chi connectivity index (χ0n) is 11.6. The minimum absolute atomic E-state index is 0.206. The lowest BCUT2D eigenvalue weighted by molar-refractivity contribution is 0.295. The molecule has 0 amide bonds. The van der Waals surface area contributed by atoms with Crippen LogP contribution < -0.4 is 0 Å². The normalized spacial score (nSPS) is 18.1. The van der Waals surface area contributed by atoms with Crippen molar-refractivity contribution in [2.75, 3.05) is 6.61 Å². The van der Waals surface area contributed by atoms with Crippen LogP contribution in [0.4, 0.5) is 0 Å². The third kappa shape index (κ3) is 3.02. The van der Waals surface area contributed by atoms with Crippen LogP contribution in [0.5, 0.6) is 0 Å². The molecule has 98 valence electrons. The molecule has 0 heterocycles. The molecular formula is C17H24O. The molecule has 2 rings (SSSR count). The highest BCUT2D eigenvalue weighted by atomic mass is 16.3. The molecule has 0 spiro atoms. The number of hydrogen-bond acceptors (Lipinski definition) is 1. The lowest BCUT2D eigenvalue weighted by Gasteiger charge is -2.23. The largest absolute Gasteiger partial charge is 0.392 e. The Bertz CT molecular complexity index is 425. The average Bonchev–Trinajstić information content (AvgIpc) is 2.41. The van der Waals surface area contributed by atoms with E-state index in [1.54, 1.807) is 0 Å². The molecule has 18 heavy (non-hydrogen) atoms. The summed E-state index contributed by atoms with van der Waals surface area (Å²) >= 11 is 0. The Kier molecular flexibility index (Phi) is 4.60. The summed E-state index contributed by atoms with van der Waals surface area (Å²) in [5.41, 5.74) is 5.15. The van der Waals surface area contributed by atoms with E-state index in [4.69, 9.17) is 0 Å². The van der Waals surface area contributed by atoms with Crippen molar-refractivity contribution in [2.24, 2.45) is 5.92 Å². The van der Waals surface area contributed by atoms with Crippen LogP contribution in [-0.2, 0) is 0 Å². The van der Waals surface area contributed by atoms with Gasteiger partial charge in [0.2, 0.25) is 0 Å². The lowest BCUT2D eigenvalue weighted by Crippen LogP contribution is -2.11. The maximum absolute atomic E-state index is 9.63. The SMILES string of the molecule is Cc1cccc(C=C(CO)C2CCCCC2)c1C. The molecule has 1 N–H and O–H groups in total. The molecule has 0 aromatic heterocycles. The number of hydrogen-bond donors (Lipinski definition) is 1. The first-order chi connectivity index (χ1) is 8.72. The number of aliphatic hydroxyl groups excluding tert-OH is 1. The number of benzene rings is 1. The van der Waals surface area contributed by atoms with Crippen LogP contribution in [0.3, 0.4) is 0 Å². The first kappa shape index (κ1) is 13.4. The van der Waals surface area contributed by atoms with Gasteiger partial charge in [-0.25, -0.2) is 0 Å². The molecular weight excluding hydrogens is 220 g/mol. The van der Waals surface area contributed by atoms with E-state index < -0.39 is 0 Å². The van der Waals surface area contributed by atoms with E-state index in [1.165, 1.54) is 54.4 Å². The standard InChI is InChI=1S/C17H24O/c1-13-7-6-10-16(14(13)2)11-17(12-18)15-8-4-3-5-9-15/h6-7,10-11,15,18H,3-5,8-9,12H2,1-2H3. The Morgan fingerprint density at radius 1 is 1.22 bits per heavy atom. The molecule has 1 aliphatic carbocycles. The summed E-state index contributed by atoms with van der Waals surface area (Å²) in [6, 6.07) is 6.40. The predicted molar refractivity (Wildman–Crippen MR) is 77.6 cm³/mol. The van der Waals surface area contributed by atoms with Crippen LogP contribution in [0.2, 0.25) is 0 Å². The lowest BCUT2D eigenvalue weighted by atomic mass is 9.83. The monoisotopic (exact) mass is 244 g/mol. The third-order valence-corrected chi connectivity index (χ3v) is 4.30. The Morgan fingerprint density at radius 2 is 1.94 bits per heavy atom. The fourth-order valence-corrected chi connectivity index (χ4v) is 2.90. The fourth-order valence-electron chi connectivity index (χ4n) is 2.90. The molecule has 1 saturated carbocycles. The smallest absolute Gasteiger partial charge is 0.0647 e. The Hall–Kier alpha value is -1.08. The molecule has 1 heteroatoms. The van der Waals surface area contributed by atoms with Gasteiger partial charge >= 0.3 is 0 Å². The van der Waals surface area contributed by atoms with Gasteiger partial charge in [0, 0.05) is 0 Å². The summed E-state index contributed by atoms with van der Waals surface area (Å²) < 4.78 is 0. The van der Waals surface area contributed by atoms with E-state index in [0.717, 1.165) is 0 Å². The summed E-state index contributed by atoms with van der Waals surface area (Å²) in [7, 11) is 0. The average molecular weight is 244 g/mol. The second kappa shape index (κ2) is 6.19. The second-order valence-corrected chi connectivity index (χ2v) is 5.50. The number of aryl methyl sites for hydroxylation is 1. The summed E-state index contributed by atoms with van der Waals surface area (Å²) in [5.74, 6) is 0.601. The molecule has 1 nitrogen and oxygen atoms in total. The van der Waals surface area contributed by atoms with Crippen molar-refractivity contribution in [2.45, 2.75) is 46.0 Å². The highest BCUT2D eigenvalue weighted by Crippen LogP contribution is 2.31. The maximum Gasteiger partial charge on any atom is 0.0647 e. The maximum atomic E-state index is 9.63. The van der Waals surface area contributed by atoms with E-state index >= 15 is 0 Å². The van der Waals surface area contributed by atoms with Crippen molar-refractivity contribution in [1.29, 1.82) is 0 Å². The highest BCUT2D eigenvalue weighted by Gasteiger charge is 2.17. The minimum Gasteiger partial charge on any atom is -0.392 e. The molecule has 0 unspecified atom stereocenters. The van der Waals surface area contributed by atoms with Crippen LogP contribution >= 0.6 is 0 Å². The van der Waals surface area contributed by atoms with Crippen molar-refractivity contribution in [3.63, 3.8) is 0 Å². The van der Waals surface area contributed by atoms with Gasteiger partial charge < -0.3 is 5.11 Å².